The van der Waals surface area contributed by atoms with Gasteiger partial charge in [0, 0.05) is 5.56 Å². The molecular weight excluding hydrogens is 413 g/mol. The Morgan fingerprint density at radius 1 is 0.969 bits per heavy atom. The molecule has 0 aliphatic carbocycles. The number of hydrogen-bond donors (Lipinski definition) is 2. The van der Waals surface area contributed by atoms with E-state index in [0.717, 1.165) is 17.7 Å². The minimum Gasteiger partial charge on any atom is -0.423 e. The van der Waals surface area contributed by atoms with Crippen molar-refractivity contribution < 1.29 is 23.5 Å². The third-order valence-electron chi connectivity index (χ3n) is 4.26. The van der Waals surface area contributed by atoms with Gasteiger partial charge < -0.3 is 10.1 Å². The van der Waals surface area contributed by atoms with Crippen LogP contribution in [0.5, 0.6) is 5.75 Å². The van der Waals surface area contributed by atoms with Gasteiger partial charge in [-0.1, -0.05) is 17.7 Å². The maximum absolute atomic E-state index is 12.9. The standard InChI is InChI=1S/C24H20FN3O4/c1-16-3-2-4-19(13-16)24(31)32-21-11-5-17(6-12-21)14-27-28-22(29)15-26-23(30)18-7-9-20(25)10-8-18/h2-14H,15H2,1H3,(H,26,30)(H,28,29)/b27-14+. The van der Waals surface area contributed by atoms with Crippen molar-refractivity contribution in [2.75, 3.05) is 6.54 Å². The number of nitrogens with one attached hydrogen (secondary N) is 2. The molecule has 3 rings (SSSR count). The van der Waals surface area contributed by atoms with Crippen LogP contribution in [0.3, 0.4) is 0 Å². The highest BCUT2D eigenvalue weighted by molar-refractivity contribution is 5.96. The predicted molar refractivity (Wildman–Crippen MR) is 117 cm³/mol. The lowest BCUT2D eigenvalue weighted by Crippen LogP contribution is -2.34. The van der Waals surface area contributed by atoms with Crippen molar-refractivity contribution in [1.29, 1.82) is 0 Å². The van der Waals surface area contributed by atoms with Crippen LogP contribution in [0.25, 0.3) is 0 Å². The van der Waals surface area contributed by atoms with E-state index < -0.39 is 23.6 Å². The minimum absolute atomic E-state index is 0.242. The molecule has 0 aromatic heterocycles. The molecule has 0 unspecified atom stereocenters. The number of aryl methyl sites for hydroxylation is 1. The van der Waals surface area contributed by atoms with E-state index in [9.17, 15) is 18.8 Å². The molecule has 7 nitrogen and oxygen atoms in total. The van der Waals surface area contributed by atoms with Gasteiger partial charge in [-0.25, -0.2) is 14.6 Å². The van der Waals surface area contributed by atoms with Crippen LogP contribution in [0.4, 0.5) is 4.39 Å². The molecule has 3 aromatic rings. The van der Waals surface area contributed by atoms with E-state index >= 15 is 0 Å². The maximum atomic E-state index is 12.9. The fraction of sp³-hybridized carbons (Fsp3) is 0.0833. The zero-order valence-electron chi connectivity index (χ0n) is 17.2. The molecule has 32 heavy (non-hydrogen) atoms. The van der Waals surface area contributed by atoms with Crippen molar-refractivity contribution in [3.63, 3.8) is 0 Å². The van der Waals surface area contributed by atoms with E-state index in [1.54, 1.807) is 42.5 Å². The molecule has 162 valence electrons. The molecule has 2 amide bonds. The van der Waals surface area contributed by atoms with Crippen molar-refractivity contribution >= 4 is 24.0 Å². The van der Waals surface area contributed by atoms with Crippen LogP contribution >= 0.6 is 0 Å². The molecule has 0 bridgehead atoms. The SMILES string of the molecule is Cc1cccc(C(=O)Oc2ccc(/C=N/NC(=O)CNC(=O)c3ccc(F)cc3)cc2)c1. The first kappa shape index (κ1) is 22.4. The minimum atomic E-state index is -0.527. The van der Waals surface area contributed by atoms with Gasteiger partial charge in [0.15, 0.2) is 0 Å². The monoisotopic (exact) mass is 433 g/mol. The number of nitrogens with zero attached hydrogens (tertiary/aromatic N) is 1. The topological polar surface area (TPSA) is 96.9 Å². The summed E-state index contributed by atoms with van der Waals surface area (Å²) in [7, 11) is 0. The van der Waals surface area contributed by atoms with Crippen molar-refractivity contribution in [2.24, 2.45) is 5.10 Å². The highest BCUT2D eigenvalue weighted by atomic mass is 19.1. The third-order valence-corrected chi connectivity index (χ3v) is 4.26. The van der Waals surface area contributed by atoms with E-state index in [1.165, 1.54) is 18.3 Å². The van der Waals surface area contributed by atoms with Crippen LogP contribution in [-0.2, 0) is 4.79 Å². The summed E-state index contributed by atoms with van der Waals surface area (Å²) in [4.78, 5) is 35.9. The average molecular weight is 433 g/mol. The van der Waals surface area contributed by atoms with E-state index in [0.29, 0.717) is 16.9 Å². The number of hydrazone groups is 1. The highest BCUT2D eigenvalue weighted by Gasteiger charge is 2.09. The highest BCUT2D eigenvalue weighted by Crippen LogP contribution is 2.14. The molecule has 0 saturated carbocycles. The maximum Gasteiger partial charge on any atom is 0.343 e. The lowest BCUT2D eigenvalue weighted by atomic mass is 10.1. The first-order chi connectivity index (χ1) is 15.4. The zero-order valence-corrected chi connectivity index (χ0v) is 17.2. The van der Waals surface area contributed by atoms with Gasteiger partial charge >= 0.3 is 5.97 Å². The van der Waals surface area contributed by atoms with Gasteiger partial charge in [0.2, 0.25) is 0 Å². The first-order valence-electron chi connectivity index (χ1n) is 9.65. The lowest BCUT2D eigenvalue weighted by molar-refractivity contribution is -0.120. The number of esters is 1. The molecule has 0 spiro atoms. The Hall–Kier alpha value is -4.33. The summed E-state index contributed by atoms with van der Waals surface area (Å²) in [5.41, 5.74) is 4.62. The predicted octanol–water partition coefficient (Wildman–Crippen LogP) is 3.23. The molecule has 0 saturated heterocycles. The van der Waals surface area contributed by atoms with Gasteiger partial charge in [-0.05, 0) is 73.2 Å². The number of amides is 2. The van der Waals surface area contributed by atoms with Gasteiger partial charge in [0.25, 0.3) is 11.8 Å². The molecule has 8 heteroatoms. The number of carbonyl (C=O) groups excluding carboxylic acids is 3. The number of carbonyl (C=O) groups is 3. The molecule has 0 heterocycles. The molecule has 0 aliphatic rings. The zero-order chi connectivity index (χ0) is 22.9. The summed E-state index contributed by atoms with van der Waals surface area (Å²) in [5, 5.41) is 6.23. The van der Waals surface area contributed by atoms with Gasteiger partial charge in [0.1, 0.15) is 11.6 Å². The summed E-state index contributed by atoms with van der Waals surface area (Å²) in [6.07, 6.45) is 1.41. The summed E-state index contributed by atoms with van der Waals surface area (Å²) >= 11 is 0. The van der Waals surface area contributed by atoms with Gasteiger partial charge in [0.05, 0.1) is 18.3 Å². The summed E-state index contributed by atoms with van der Waals surface area (Å²) in [6, 6.07) is 18.6. The molecule has 0 fully saturated rings. The van der Waals surface area contributed by atoms with Gasteiger partial charge in [-0.2, -0.15) is 5.10 Å². The number of ether oxygens (including phenoxy) is 1. The number of hydrogen-bond acceptors (Lipinski definition) is 5. The smallest absolute Gasteiger partial charge is 0.343 e. The van der Waals surface area contributed by atoms with Gasteiger partial charge in [-0.3, -0.25) is 9.59 Å². The average Bonchev–Trinajstić information content (AvgIpc) is 2.79. The second kappa shape index (κ2) is 10.6. The lowest BCUT2D eigenvalue weighted by Gasteiger charge is -2.05. The van der Waals surface area contributed by atoms with Crippen LogP contribution < -0.4 is 15.5 Å². The number of rotatable bonds is 7. The Kier molecular flexibility index (Phi) is 7.42. The quantitative estimate of drug-likeness (QED) is 0.259. The Balaban J connectivity index is 1.45. The number of halogens is 1. The van der Waals surface area contributed by atoms with Crippen LogP contribution in [-0.4, -0.2) is 30.5 Å². The largest absolute Gasteiger partial charge is 0.423 e. The van der Waals surface area contributed by atoms with Crippen molar-refractivity contribution in [3.05, 3.63) is 101 Å². The van der Waals surface area contributed by atoms with E-state index in [2.05, 4.69) is 15.8 Å². The van der Waals surface area contributed by atoms with Crippen LogP contribution in [0.1, 0.15) is 31.8 Å². The van der Waals surface area contributed by atoms with Crippen LogP contribution in [0.2, 0.25) is 0 Å². The Bertz CT molecular complexity index is 1140. The Morgan fingerprint density at radius 3 is 2.38 bits per heavy atom. The molecule has 2 N–H and O–H groups in total. The van der Waals surface area contributed by atoms with E-state index in [1.807, 2.05) is 13.0 Å². The second-order valence-electron chi connectivity index (χ2n) is 6.81. The fourth-order valence-corrected chi connectivity index (χ4v) is 2.64. The van der Waals surface area contributed by atoms with E-state index in [-0.39, 0.29) is 12.1 Å². The van der Waals surface area contributed by atoms with Crippen molar-refractivity contribution in [1.82, 2.24) is 10.7 Å². The van der Waals surface area contributed by atoms with E-state index in [4.69, 9.17) is 4.74 Å². The van der Waals surface area contributed by atoms with Crippen LogP contribution in [0, 0.1) is 12.7 Å². The summed E-state index contributed by atoms with van der Waals surface area (Å²) in [6.45, 7) is 1.60. The number of benzene rings is 3. The first-order valence-corrected chi connectivity index (χ1v) is 9.65. The van der Waals surface area contributed by atoms with Crippen LogP contribution in [0.15, 0.2) is 77.9 Å². The molecule has 0 atom stereocenters. The molecule has 0 radical (unpaired) electrons. The molecule has 0 aliphatic heterocycles. The Morgan fingerprint density at radius 2 is 1.69 bits per heavy atom. The normalized spacial score (nSPS) is 10.6. The summed E-state index contributed by atoms with van der Waals surface area (Å²) < 4.78 is 18.2. The van der Waals surface area contributed by atoms with Crippen molar-refractivity contribution in [2.45, 2.75) is 6.92 Å². The Labute approximate surface area is 183 Å². The summed E-state index contributed by atoms with van der Waals surface area (Å²) in [5.74, 6) is -1.56. The second-order valence-corrected chi connectivity index (χ2v) is 6.81. The van der Waals surface area contributed by atoms with Gasteiger partial charge in [-0.15, -0.1) is 0 Å². The molecule has 3 aromatic carbocycles. The third kappa shape index (κ3) is 6.60. The molecular formula is C24H20FN3O4. The fourth-order valence-electron chi connectivity index (χ4n) is 2.64. The van der Waals surface area contributed by atoms with Crippen molar-refractivity contribution in [3.8, 4) is 5.75 Å².